The molecule has 3 rings (SSSR count). The first-order valence-corrected chi connectivity index (χ1v) is 12.8. The Morgan fingerprint density at radius 2 is 1.90 bits per heavy atom. The fourth-order valence-electron chi connectivity index (χ4n) is 3.70. The molecular formula is C22H27Cl2N3O3S. The minimum atomic E-state index is -3.71. The van der Waals surface area contributed by atoms with Gasteiger partial charge in [-0.25, -0.2) is 8.42 Å². The molecule has 1 fully saturated rings. The summed E-state index contributed by atoms with van der Waals surface area (Å²) in [5, 5.41) is 3.32. The summed E-state index contributed by atoms with van der Waals surface area (Å²) in [7, 11) is -3.71. The van der Waals surface area contributed by atoms with Crippen LogP contribution in [0.25, 0.3) is 0 Å². The lowest BCUT2D eigenvalue weighted by Gasteiger charge is -2.32. The molecule has 0 spiro atoms. The van der Waals surface area contributed by atoms with E-state index >= 15 is 0 Å². The Bertz CT molecular complexity index is 1030. The van der Waals surface area contributed by atoms with Gasteiger partial charge in [-0.15, -0.1) is 0 Å². The third kappa shape index (κ3) is 6.51. The third-order valence-electron chi connectivity index (χ3n) is 5.31. The van der Waals surface area contributed by atoms with E-state index in [-0.39, 0.29) is 17.3 Å². The smallest absolute Gasteiger partial charge is 0.241 e. The van der Waals surface area contributed by atoms with E-state index < -0.39 is 15.9 Å². The highest BCUT2D eigenvalue weighted by Crippen LogP contribution is 2.30. The van der Waals surface area contributed by atoms with E-state index in [0.717, 1.165) is 29.2 Å². The van der Waals surface area contributed by atoms with Crippen molar-refractivity contribution in [1.29, 1.82) is 0 Å². The van der Waals surface area contributed by atoms with E-state index in [1.54, 1.807) is 0 Å². The van der Waals surface area contributed by atoms with Gasteiger partial charge in [0.1, 0.15) is 6.54 Å². The second kappa shape index (κ2) is 10.1. The number of carbonyl (C=O) groups excluding carboxylic acids is 1. The van der Waals surface area contributed by atoms with E-state index in [0.29, 0.717) is 17.5 Å². The molecule has 0 radical (unpaired) electrons. The maximum atomic E-state index is 12.5. The number of benzene rings is 2. The zero-order valence-corrected chi connectivity index (χ0v) is 20.0. The van der Waals surface area contributed by atoms with E-state index in [4.69, 9.17) is 23.2 Å². The molecule has 1 atom stereocenters. The van der Waals surface area contributed by atoms with Crippen LogP contribution in [0.3, 0.4) is 0 Å². The fraction of sp³-hybridized carbons (Fsp3) is 0.409. The lowest BCUT2D eigenvalue weighted by Crippen LogP contribution is -2.40. The summed E-state index contributed by atoms with van der Waals surface area (Å²) in [6.45, 7) is 4.33. The van der Waals surface area contributed by atoms with Crippen LogP contribution in [0.1, 0.15) is 25.3 Å². The number of nitrogens with one attached hydrogen (secondary N) is 1. The lowest BCUT2D eigenvalue weighted by atomic mass is 9.99. The average Bonchev–Trinajstić information content (AvgIpc) is 2.71. The Hall–Kier alpha value is -1.96. The predicted octanol–water partition coefficient (Wildman–Crippen LogP) is 4.31. The summed E-state index contributed by atoms with van der Waals surface area (Å²) in [6, 6.07) is 12.6. The van der Waals surface area contributed by atoms with Gasteiger partial charge in [0, 0.05) is 30.3 Å². The fourth-order valence-corrected chi connectivity index (χ4v) is 5.13. The molecule has 1 unspecified atom stereocenters. The van der Waals surface area contributed by atoms with Crippen LogP contribution in [0.15, 0.2) is 42.5 Å². The largest absolute Gasteiger partial charge is 0.371 e. The molecule has 1 aliphatic heterocycles. The van der Waals surface area contributed by atoms with E-state index in [1.807, 2.05) is 12.1 Å². The van der Waals surface area contributed by atoms with Gasteiger partial charge in [0.15, 0.2) is 0 Å². The summed E-state index contributed by atoms with van der Waals surface area (Å²) < 4.78 is 25.5. The quantitative estimate of drug-likeness (QED) is 0.636. The van der Waals surface area contributed by atoms with Crippen molar-refractivity contribution in [2.45, 2.75) is 26.3 Å². The second-order valence-electron chi connectivity index (χ2n) is 8.00. The average molecular weight is 484 g/mol. The Labute approximate surface area is 194 Å². The van der Waals surface area contributed by atoms with Gasteiger partial charge in [-0.1, -0.05) is 42.3 Å². The number of nitrogens with zero attached hydrogens (tertiary/aromatic N) is 2. The van der Waals surface area contributed by atoms with Crippen LogP contribution in [-0.4, -0.2) is 40.2 Å². The molecule has 1 heterocycles. The minimum absolute atomic E-state index is 0.161. The van der Waals surface area contributed by atoms with E-state index in [2.05, 4.69) is 29.3 Å². The van der Waals surface area contributed by atoms with E-state index in [1.165, 1.54) is 36.7 Å². The standard InChI is InChI=1S/C22H27Cl2N3O3S/c1-16-4-3-11-26(14-16)19-8-5-17(6-9-19)13-25-22(28)15-27(31(2,29)30)21-10-7-18(23)12-20(21)24/h5-10,12,16H,3-4,11,13-15H2,1-2H3,(H,25,28). The number of rotatable bonds is 7. The molecule has 1 N–H and O–H groups in total. The number of halogens is 2. The van der Waals surface area contributed by atoms with Crippen LogP contribution in [-0.2, 0) is 21.4 Å². The number of hydrogen-bond donors (Lipinski definition) is 1. The highest BCUT2D eigenvalue weighted by Gasteiger charge is 2.23. The molecule has 0 aliphatic carbocycles. The van der Waals surface area contributed by atoms with Crippen molar-refractivity contribution < 1.29 is 13.2 Å². The van der Waals surface area contributed by atoms with Crippen molar-refractivity contribution in [2.24, 2.45) is 5.92 Å². The molecule has 1 saturated heterocycles. The Kier molecular flexibility index (Phi) is 7.73. The first-order chi connectivity index (χ1) is 14.6. The molecule has 31 heavy (non-hydrogen) atoms. The van der Waals surface area contributed by atoms with Crippen LogP contribution >= 0.6 is 23.2 Å². The van der Waals surface area contributed by atoms with Gasteiger partial charge in [-0.3, -0.25) is 9.10 Å². The molecule has 168 valence electrons. The Morgan fingerprint density at radius 1 is 1.19 bits per heavy atom. The van der Waals surface area contributed by atoms with Crippen LogP contribution in [0.4, 0.5) is 11.4 Å². The molecule has 2 aromatic carbocycles. The maximum Gasteiger partial charge on any atom is 0.241 e. The van der Waals surface area contributed by atoms with Gasteiger partial charge in [-0.05, 0) is 54.7 Å². The first kappa shape index (κ1) is 23.7. The highest BCUT2D eigenvalue weighted by atomic mass is 35.5. The zero-order valence-electron chi connectivity index (χ0n) is 17.6. The van der Waals surface area contributed by atoms with Crippen LogP contribution in [0.2, 0.25) is 10.0 Å². The van der Waals surface area contributed by atoms with Crippen LogP contribution in [0.5, 0.6) is 0 Å². The molecule has 6 nitrogen and oxygen atoms in total. The van der Waals surface area contributed by atoms with Crippen LogP contribution in [0, 0.1) is 5.92 Å². The molecule has 0 bridgehead atoms. The Balaban J connectivity index is 1.61. The predicted molar refractivity (Wildman–Crippen MR) is 128 cm³/mol. The number of amides is 1. The molecule has 1 amide bonds. The van der Waals surface area contributed by atoms with Crippen molar-refractivity contribution in [2.75, 3.05) is 35.1 Å². The summed E-state index contributed by atoms with van der Waals surface area (Å²) in [5.41, 5.74) is 2.34. The summed E-state index contributed by atoms with van der Waals surface area (Å²) >= 11 is 12.0. The summed E-state index contributed by atoms with van der Waals surface area (Å²) in [6.07, 6.45) is 3.51. The number of carbonyl (C=O) groups is 1. The minimum Gasteiger partial charge on any atom is -0.371 e. The molecule has 1 aliphatic rings. The van der Waals surface area contributed by atoms with Gasteiger partial charge >= 0.3 is 0 Å². The zero-order chi connectivity index (χ0) is 22.6. The van der Waals surface area contributed by atoms with E-state index in [9.17, 15) is 13.2 Å². The highest BCUT2D eigenvalue weighted by molar-refractivity contribution is 7.92. The number of hydrogen-bond acceptors (Lipinski definition) is 4. The normalized spacial score (nSPS) is 16.8. The first-order valence-electron chi connectivity index (χ1n) is 10.2. The Morgan fingerprint density at radius 3 is 2.52 bits per heavy atom. The van der Waals surface area contributed by atoms with Gasteiger partial charge < -0.3 is 10.2 Å². The summed E-state index contributed by atoms with van der Waals surface area (Å²) in [4.78, 5) is 14.9. The maximum absolute atomic E-state index is 12.5. The monoisotopic (exact) mass is 483 g/mol. The molecule has 2 aromatic rings. The van der Waals surface area contributed by atoms with Crippen molar-refractivity contribution in [3.05, 3.63) is 58.1 Å². The lowest BCUT2D eigenvalue weighted by molar-refractivity contribution is -0.119. The van der Waals surface area contributed by atoms with Gasteiger partial charge in [0.25, 0.3) is 0 Å². The topological polar surface area (TPSA) is 69.7 Å². The molecule has 9 heteroatoms. The third-order valence-corrected chi connectivity index (χ3v) is 6.98. The summed E-state index contributed by atoms with van der Waals surface area (Å²) in [5.74, 6) is 0.269. The van der Waals surface area contributed by atoms with Gasteiger partial charge in [-0.2, -0.15) is 0 Å². The SMILES string of the molecule is CC1CCCN(c2ccc(CNC(=O)CN(c3ccc(Cl)cc3Cl)S(C)(=O)=O)cc2)C1. The van der Waals surface area contributed by atoms with Crippen molar-refractivity contribution in [3.8, 4) is 0 Å². The molecule has 0 aromatic heterocycles. The van der Waals surface area contributed by atoms with Gasteiger partial charge in [0.05, 0.1) is 17.0 Å². The number of sulfonamides is 1. The van der Waals surface area contributed by atoms with Crippen molar-refractivity contribution in [1.82, 2.24) is 5.32 Å². The van der Waals surface area contributed by atoms with Gasteiger partial charge in [0.2, 0.25) is 15.9 Å². The number of anilines is 2. The molecule has 0 saturated carbocycles. The van der Waals surface area contributed by atoms with Crippen molar-refractivity contribution in [3.63, 3.8) is 0 Å². The molecular weight excluding hydrogens is 457 g/mol. The van der Waals surface area contributed by atoms with Crippen LogP contribution < -0.4 is 14.5 Å². The second-order valence-corrected chi connectivity index (χ2v) is 10.8. The number of piperidine rings is 1. The van der Waals surface area contributed by atoms with Crippen molar-refractivity contribution >= 4 is 50.5 Å².